The van der Waals surface area contributed by atoms with Gasteiger partial charge in [0.15, 0.2) is 0 Å². The highest BCUT2D eigenvalue weighted by molar-refractivity contribution is 6.35. The molecule has 3 aromatic heterocycles. The molecule has 0 atom stereocenters. The van der Waals surface area contributed by atoms with Crippen LogP contribution in [0.2, 0.25) is 10.0 Å². The smallest absolute Gasteiger partial charge is 0.315 e. The van der Waals surface area contributed by atoms with Gasteiger partial charge in [0.25, 0.3) is 0 Å². The monoisotopic (exact) mass is 373 g/mol. The molecule has 0 bridgehead atoms. The lowest BCUT2D eigenvalue weighted by atomic mass is 10.2. The molecule has 1 N–H and O–H groups in total. The van der Waals surface area contributed by atoms with Crippen molar-refractivity contribution in [2.24, 2.45) is 0 Å². The van der Waals surface area contributed by atoms with E-state index in [9.17, 15) is 0 Å². The number of rotatable bonds is 4. The van der Waals surface area contributed by atoms with Crippen molar-refractivity contribution in [3.63, 3.8) is 0 Å². The molecule has 124 valence electrons. The second-order valence-corrected chi connectivity index (χ2v) is 5.80. The average Bonchev–Trinajstić information content (AvgIpc) is 3.25. The summed E-state index contributed by atoms with van der Waals surface area (Å²) in [5.74, 6) is 0.820. The minimum Gasteiger partial charge on any atom is -0.315 e. The maximum absolute atomic E-state index is 5.99. The van der Waals surface area contributed by atoms with E-state index in [1.807, 2.05) is 0 Å². The van der Waals surface area contributed by atoms with Gasteiger partial charge in [-0.25, -0.2) is 14.6 Å². The SMILES string of the molecule is Clc1cc(Cl)cc(-c2noc(Nc3cnn(-c4ncccn4)c3)n2)c1. The van der Waals surface area contributed by atoms with Gasteiger partial charge in [-0.3, -0.25) is 0 Å². The number of hydrogen-bond donors (Lipinski definition) is 1. The quantitative estimate of drug-likeness (QED) is 0.581. The summed E-state index contributed by atoms with van der Waals surface area (Å²) >= 11 is 12.0. The highest BCUT2D eigenvalue weighted by atomic mass is 35.5. The van der Waals surface area contributed by atoms with Gasteiger partial charge in [0.05, 0.1) is 18.1 Å². The molecular formula is C15H9Cl2N7O. The van der Waals surface area contributed by atoms with Crippen LogP contribution in [-0.2, 0) is 0 Å². The van der Waals surface area contributed by atoms with Crippen molar-refractivity contribution >= 4 is 34.9 Å². The summed E-state index contributed by atoms with van der Waals surface area (Å²) in [7, 11) is 0. The molecule has 0 saturated heterocycles. The van der Waals surface area contributed by atoms with E-state index < -0.39 is 0 Å². The number of halogens is 2. The summed E-state index contributed by atoms with van der Waals surface area (Å²) < 4.78 is 6.72. The Hall–Kier alpha value is -2.97. The highest BCUT2D eigenvalue weighted by Crippen LogP contribution is 2.26. The van der Waals surface area contributed by atoms with Crippen molar-refractivity contribution < 1.29 is 4.52 Å². The molecule has 10 heteroatoms. The number of aromatic nitrogens is 6. The zero-order chi connectivity index (χ0) is 17.2. The fourth-order valence-electron chi connectivity index (χ4n) is 2.10. The van der Waals surface area contributed by atoms with Gasteiger partial charge in [0.2, 0.25) is 11.8 Å². The summed E-state index contributed by atoms with van der Waals surface area (Å²) in [5, 5.41) is 12.0. The predicted molar refractivity (Wildman–Crippen MR) is 92.2 cm³/mol. The van der Waals surface area contributed by atoms with E-state index in [4.69, 9.17) is 27.7 Å². The maximum atomic E-state index is 5.99. The Bertz CT molecular complexity index is 995. The van der Waals surface area contributed by atoms with Crippen LogP contribution in [-0.4, -0.2) is 29.9 Å². The third-order valence-electron chi connectivity index (χ3n) is 3.14. The van der Waals surface area contributed by atoms with Gasteiger partial charge in [0.1, 0.15) is 0 Å². The fraction of sp³-hybridized carbons (Fsp3) is 0. The van der Waals surface area contributed by atoms with E-state index in [1.54, 1.807) is 49.1 Å². The highest BCUT2D eigenvalue weighted by Gasteiger charge is 2.11. The molecule has 0 aliphatic heterocycles. The molecule has 4 rings (SSSR count). The maximum Gasteiger partial charge on any atom is 0.326 e. The predicted octanol–water partition coefficient (Wildman–Crippen LogP) is 3.76. The normalized spacial score (nSPS) is 10.8. The van der Waals surface area contributed by atoms with E-state index >= 15 is 0 Å². The topological polar surface area (TPSA) is 94.6 Å². The molecule has 0 aliphatic carbocycles. The number of benzene rings is 1. The van der Waals surface area contributed by atoms with Gasteiger partial charge in [-0.05, 0) is 24.3 Å². The average molecular weight is 374 g/mol. The lowest BCUT2D eigenvalue weighted by Gasteiger charge is -1.97. The van der Waals surface area contributed by atoms with Crippen LogP contribution < -0.4 is 5.32 Å². The standard InChI is InChI=1S/C15H9Cl2N7O/c16-10-4-9(5-11(17)6-10)13-22-15(25-23-13)21-12-7-20-24(8-12)14-18-2-1-3-19-14/h1-8H,(H,21,22,23). The fourth-order valence-corrected chi connectivity index (χ4v) is 2.63. The summed E-state index contributed by atoms with van der Waals surface area (Å²) in [6, 6.07) is 6.97. The lowest BCUT2D eigenvalue weighted by Crippen LogP contribution is -1.99. The van der Waals surface area contributed by atoms with Crippen LogP contribution in [0, 0.1) is 0 Å². The van der Waals surface area contributed by atoms with Crippen LogP contribution in [0.15, 0.2) is 53.6 Å². The first-order chi connectivity index (χ1) is 12.2. The second-order valence-electron chi connectivity index (χ2n) is 4.93. The number of anilines is 2. The van der Waals surface area contributed by atoms with E-state index in [0.29, 0.717) is 33.1 Å². The minimum atomic E-state index is 0.208. The first-order valence-electron chi connectivity index (χ1n) is 7.07. The molecule has 25 heavy (non-hydrogen) atoms. The van der Waals surface area contributed by atoms with Gasteiger partial charge in [-0.2, -0.15) is 10.1 Å². The Morgan fingerprint density at radius 2 is 1.80 bits per heavy atom. The van der Waals surface area contributed by atoms with Crippen LogP contribution in [0.25, 0.3) is 17.3 Å². The van der Waals surface area contributed by atoms with Gasteiger partial charge >= 0.3 is 6.01 Å². The van der Waals surface area contributed by atoms with Crippen LogP contribution >= 0.6 is 23.2 Å². The Balaban J connectivity index is 1.55. The molecular weight excluding hydrogens is 365 g/mol. The van der Waals surface area contributed by atoms with E-state index in [1.165, 1.54) is 4.68 Å². The molecule has 8 nitrogen and oxygen atoms in total. The zero-order valence-corrected chi connectivity index (χ0v) is 14.0. The van der Waals surface area contributed by atoms with Gasteiger partial charge in [-0.15, -0.1) is 0 Å². The van der Waals surface area contributed by atoms with E-state index in [2.05, 4.69) is 30.5 Å². The first-order valence-corrected chi connectivity index (χ1v) is 7.82. The summed E-state index contributed by atoms with van der Waals surface area (Å²) in [6.07, 6.45) is 6.57. The molecule has 0 amide bonds. The van der Waals surface area contributed by atoms with E-state index in [-0.39, 0.29) is 6.01 Å². The minimum absolute atomic E-state index is 0.208. The largest absolute Gasteiger partial charge is 0.326 e. The van der Waals surface area contributed by atoms with Gasteiger partial charge < -0.3 is 9.84 Å². The Labute approximate surface area is 151 Å². The summed E-state index contributed by atoms with van der Waals surface area (Å²) in [5.41, 5.74) is 1.30. The zero-order valence-electron chi connectivity index (χ0n) is 12.5. The molecule has 0 aliphatic rings. The van der Waals surface area contributed by atoms with Crippen LogP contribution in [0.3, 0.4) is 0 Å². The second kappa shape index (κ2) is 6.50. The number of hydrogen-bond acceptors (Lipinski definition) is 7. The van der Waals surface area contributed by atoms with Crippen molar-refractivity contribution in [1.29, 1.82) is 0 Å². The van der Waals surface area contributed by atoms with Crippen molar-refractivity contribution in [1.82, 2.24) is 29.9 Å². The molecule has 0 fully saturated rings. The Morgan fingerprint density at radius 1 is 1.04 bits per heavy atom. The molecule has 0 unspecified atom stereocenters. The van der Waals surface area contributed by atoms with Crippen LogP contribution in [0.1, 0.15) is 0 Å². The van der Waals surface area contributed by atoms with Crippen molar-refractivity contribution in [3.8, 4) is 17.3 Å². The van der Waals surface area contributed by atoms with Crippen LogP contribution in [0.4, 0.5) is 11.7 Å². The number of nitrogens with one attached hydrogen (secondary N) is 1. The third kappa shape index (κ3) is 3.44. The van der Waals surface area contributed by atoms with Crippen molar-refractivity contribution in [2.45, 2.75) is 0 Å². The molecule has 4 aromatic rings. The van der Waals surface area contributed by atoms with Gasteiger partial charge in [0, 0.05) is 28.0 Å². The molecule has 0 spiro atoms. The third-order valence-corrected chi connectivity index (χ3v) is 3.57. The van der Waals surface area contributed by atoms with Gasteiger partial charge in [-0.1, -0.05) is 28.4 Å². The van der Waals surface area contributed by atoms with Crippen LogP contribution in [0.5, 0.6) is 0 Å². The molecule has 0 radical (unpaired) electrons. The number of nitrogens with zero attached hydrogens (tertiary/aromatic N) is 6. The first kappa shape index (κ1) is 15.6. The summed E-state index contributed by atoms with van der Waals surface area (Å²) in [4.78, 5) is 12.5. The Kier molecular flexibility index (Phi) is 4.04. The summed E-state index contributed by atoms with van der Waals surface area (Å²) in [6.45, 7) is 0. The molecule has 0 saturated carbocycles. The van der Waals surface area contributed by atoms with Crippen molar-refractivity contribution in [3.05, 3.63) is 59.1 Å². The lowest BCUT2D eigenvalue weighted by molar-refractivity contribution is 0.435. The molecule has 1 aromatic carbocycles. The molecule has 3 heterocycles. The van der Waals surface area contributed by atoms with E-state index in [0.717, 1.165) is 0 Å². The van der Waals surface area contributed by atoms with Crippen molar-refractivity contribution in [2.75, 3.05) is 5.32 Å². The Morgan fingerprint density at radius 3 is 2.56 bits per heavy atom.